The van der Waals surface area contributed by atoms with Crippen LogP contribution in [-0.4, -0.2) is 60.2 Å². The van der Waals surface area contributed by atoms with Gasteiger partial charge >= 0.3 is 11.7 Å². The Morgan fingerprint density at radius 1 is 1.24 bits per heavy atom. The van der Waals surface area contributed by atoms with Crippen molar-refractivity contribution >= 4 is 16.1 Å². The van der Waals surface area contributed by atoms with Gasteiger partial charge in [-0.2, -0.15) is 8.42 Å². The number of hydrogen-bond donors (Lipinski definition) is 2. The number of aromatic nitrogens is 2. The van der Waals surface area contributed by atoms with E-state index in [0.29, 0.717) is 0 Å². The van der Waals surface area contributed by atoms with Crippen LogP contribution in [0.4, 0.5) is 0 Å². The summed E-state index contributed by atoms with van der Waals surface area (Å²) in [5, 5.41) is 10.5. The SMILES string of the molecule is CS(=O)(=O)O[C@@H]1[C@@H](O)[C@@H](n2ccc(=O)[nH]c2=O)O[C@H]1COC(=O)c1ccccc1. The molecule has 1 fully saturated rings. The lowest BCUT2D eigenvalue weighted by Gasteiger charge is -2.19. The Kier molecular flexibility index (Phi) is 5.98. The van der Waals surface area contributed by atoms with E-state index in [-0.39, 0.29) is 5.56 Å². The fourth-order valence-corrected chi connectivity index (χ4v) is 3.49. The van der Waals surface area contributed by atoms with E-state index in [9.17, 15) is 27.9 Å². The summed E-state index contributed by atoms with van der Waals surface area (Å²) in [5.74, 6) is -0.688. The number of ether oxygens (including phenoxy) is 2. The maximum atomic E-state index is 12.1. The van der Waals surface area contributed by atoms with Gasteiger partial charge in [0.25, 0.3) is 15.7 Å². The number of rotatable bonds is 6. The van der Waals surface area contributed by atoms with Gasteiger partial charge in [0, 0.05) is 12.3 Å². The first-order chi connectivity index (χ1) is 13.7. The molecule has 4 atom stereocenters. The van der Waals surface area contributed by atoms with Crippen molar-refractivity contribution in [3.05, 3.63) is 69.0 Å². The lowest BCUT2D eigenvalue weighted by Crippen LogP contribution is -2.40. The van der Waals surface area contributed by atoms with Crippen LogP contribution in [-0.2, 0) is 23.8 Å². The van der Waals surface area contributed by atoms with Gasteiger partial charge in [0.2, 0.25) is 0 Å². The first-order valence-corrected chi connectivity index (χ1v) is 10.2. The number of benzene rings is 1. The number of nitrogens with zero attached hydrogens (tertiary/aromatic N) is 1. The molecular weight excluding hydrogens is 408 g/mol. The van der Waals surface area contributed by atoms with Crippen molar-refractivity contribution in [1.82, 2.24) is 9.55 Å². The van der Waals surface area contributed by atoms with Crippen LogP contribution in [0.1, 0.15) is 16.6 Å². The molecule has 1 saturated heterocycles. The third kappa shape index (κ3) is 4.98. The van der Waals surface area contributed by atoms with Crippen molar-refractivity contribution in [1.29, 1.82) is 0 Å². The second-order valence-corrected chi connectivity index (χ2v) is 7.90. The number of H-pyrrole nitrogens is 1. The number of esters is 1. The Labute approximate surface area is 164 Å². The standard InChI is InChI=1S/C17H18N2O9S/c1-29(24,25)28-14-11(9-26-16(22)10-5-3-2-4-6-10)27-15(13(14)21)19-8-7-12(20)18-17(19)23/h2-8,11,13-15,21H,9H2,1H3,(H,18,20,23)/t11-,13+,14-,15-/m0/s1. The molecule has 2 heterocycles. The average molecular weight is 426 g/mol. The molecule has 0 unspecified atom stereocenters. The Morgan fingerprint density at radius 3 is 2.55 bits per heavy atom. The third-order valence-corrected chi connectivity index (χ3v) is 4.68. The molecule has 0 radical (unpaired) electrons. The molecule has 12 heteroatoms. The second-order valence-electron chi connectivity index (χ2n) is 6.30. The molecule has 156 valence electrons. The first-order valence-electron chi connectivity index (χ1n) is 8.41. The molecule has 0 saturated carbocycles. The highest BCUT2D eigenvalue weighted by atomic mass is 32.2. The van der Waals surface area contributed by atoms with Crippen LogP contribution >= 0.6 is 0 Å². The molecule has 29 heavy (non-hydrogen) atoms. The molecule has 1 aromatic carbocycles. The largest absolute Gasteiger partial charge is 0.459 e. The zero-order chi connectivity index (χ0) is 21.2. The van der Waals surface area contributed by atoms with Crippen LogP contribution in [0.3, 0.4) is 0 Å². The van der Waals surface area contributed by atoms with Gasteiger partial charge in [-0.1, -0.05) is 18.2 Å². The molecular formula is C17H18N2O9S. The Balaban J connectivity index is 1.82. The summed E-state index contributed by atoms with van der Waals surface area (Å²) in [6, 6.07) is 9.09. The number of hydrogen-bond acceptors (Lipinski definition) is 9. The van der Waals surface area contributed by atoms with E-state index in [4.69, 9.17) is 13.7 Å². The van der Waals surface area contributed by atoms with Crippen LogP contribution < -0.4 is 11.2 Å². The number of aliphatic hydroxyl groups excluding tert-OH is 1. The van der Waals surface area contributed by atoms with Crippen LogP contribution in [0.25, 0.3) is 0 Å². The van der Waals surface area contributed by atoms with Crippen LogP contribution in [0.15, 0.2) is 52.2 Å². The fraction of sp³-hybridized carbons (Fsp3) is 0.353. The van der Waals surface area contributed by atoms with E-state index in [0.717, 1.165) is 23.1 Å². The van der Waals surface area contributed by atoms with Gasteiger partial charge in [-0.15, -0.1) is 0 Å². The van der Waals surface area contributed by atoms with Crippen LogP contribution in [0.5, 0.6) is 0 Å². The summed E-state index contributed by atoms with van der Waals surface area (Å²) in [4.78, 5) is 37.4. The molecule has 2 aromatic rings. The average Bonchev–Trinajstić information content (AvgIpc) is 2.95. The predicted octanol–water partition coefficient (Wildman–Crippen LogP) is -1.00. The predicted molar refractivity (Wildman–Crippen MR) is 97.7 cm³/mol. The summed E-state index contributed by atoms with van der Waals surface area (Å²) in [6.45, 7) is -0.445. The molecule has 0 bridgehead atoms. The zero-order valence-electron chi connectivity index (χ0n) is 15.1. The van der Waals surface area contributed by atoms with E-state index in [1.54, 1.807) is 18.2 Å². The molecule has 0 aliphatic carbocycles. The molecule has 0 spiro atoms. The van der Waals surface area contributed by atoms with E-state index < -0.39 is 58.5 Å². The Hall–Kier alpha value is -2.80. The number of nitrogens with one attached hydrogen (secondary N) is 1. The molecule has 0 amide bonds. The van der Waals surface area contributed by atoms with Crippen molar-refractivity contribution in [3.63, 3.8) is 0 Å². The van der Waals surface area contributed by atoms with Crippen molar-refractivity contribution in [3.8, 4) is 0 Å². The van der Waals surface area contributed by atoms with E-state index in [1.165, 1.54) is 12.1 Å². The molecule has 1 aromatic heterocycles. The summed E-state index contributed by atoms with van der Waals surface area (Å²) in [6.07, 6.45) is -3.74. The normalized spacial score (nSPS) is 24.3. The number of aromatic amines is 1. The maximum Gasteiger partial charge on any atom is 0.338 e. The van der Waals surface area contributed by atoms with Crippen LogP contribution in [0.2, 0.25) is 0 Å². The second kappa shape index (κ2) is 8.29. The van der Waals surface area contributed by atoms with Crippen LogP contribution in [0, 0.1) is 0 Å². The smallest absolute Gasteiger partial charge is 0.338 e. The first kappa shape index (κ1) is 20.9. The van der Waals surface area contributed by atoms with Gasteiger partial charge in [-0.3, -0.25) is 18.5 Å². The minimum Gasteiger partial charge on any atom is -0.459 e. The summed E-state index contributed by atoms with van der Waals surface area (Å²) in [5.41, 5.74) is -1.27. The maximum absolute atomic E-state index is 12.1. The lowest BCUT2D eigenvalue weighted by atomic mass is 10.1. The topological polar surface area (TPSA) is 154 Å². The molecule has 1 aliphatic rings. The van der Waals surface area contributed by atoms with Gasteiger partial charge in [-0.25, -0.2) is 9.59 Å². The van der Waals surface area contributed by atoms with Gasteiger partial charge < -0.3 is 14.6 Å². The van der Waals surface area contributed by atoms with E-state index >= 15 is 0 Å². The third-order valence-electron chi connectivity index (χ3n) is 4.11. The highest BCUT2D eigenvalue weighted by molar-refractivity contribution is 7.86. The summed E-state index contributed by atoms with van der Waals surface area (Å²) < 4.78 is 39.6. The number of aliphatic hydroxyl groups is 1. The quantitative estimate of drug-likeness (QED) is 0.437. The number of carbonyl (C=O) groups is 1. The van der Waals surface area contributed by atoms with Crippen molar-refractivity contribution < 1.29 is 32.0 Å². The van der Waals surface area contributed by atoms with Gasteiger partial charge in [0.15, 0.2) is 6.23 Å². The minimum atomic E-state index is -4.01. The lowest BCUT2D eigenvalue weighted by molar-refractivity contribution is -0.0589. The number of carbonyl (C=O) groups excluding carboxylic acids is 1. The summed E-state index contributed by atoms with van der Waals surface area (Å²) in [7, 11) is -4.01. The fourth-order valence-electron chi connectivity index (χ4n) is 2.85. The zero-order valence-corrected chi connectivity index (χ0v) is 15.9. The van der Waals surface area contributed by atoms with Gasteiger partial charge in [-0.05, 0) is 12.1 Å². The molecule has 1 aliphatic heterocycles. The Morgan fingerprint density at radius 2 is 1.93 bits per heavy atom. The van der Waals surface area contributed by atoms with Crippen molar-refractivity contribution in [2.75, 3.05) is 12.9 Å². The Bertz CT molecular complexity index is 1090. The minimum absolute atomic E-state index is 0.264. The highest BCUT2D eigenvalue weighted by Gasteiger charge is 2.48. The van der Waals surface area contributed by atoms with Gasteiger partial charge in [0.05, 0.1) is 11.8 Å². The van der Waals surface area contributed by atoms with Gasteiger partial charge in [0.1, 0.15) is 24.9 Å². The van der Waals surface area contributed by atoms with Crippen molar-refractivity contribution in [2.24, 2.45) is 0 Å². The molecule has 2 N–H and O–H groups in total. The summed E-state index contributed by atoms with van der Waals surface area (Å²) >= 11 is 0. The molecule has 11 nitrogen and oxygen atoms in total. The van der Waals surface area contributed by atoms with E-state index in [2.05, 4.69) is 0 Å². The molecule has 3 rings (SSSR count). The monoisotopic (exact) mass is 426 g/mol. The highest BCUT2D eigenvalue weighted by Crippen LogP contribution is 2.31. The van der Waals surface area contributed by atoms with E-state index in [1.807, 2.05) is 4.98 Å². The van der Waals surface area contributed by atoms with Crippen molar-refractivity contribution in [2.45, 2.75) is 24.5 Å².